The van der Waals surface area contributed by atoms with Gasteiger partial charge in [0.15, 0.2) is 0 Å². The molecule has 2 heteroatoms. The van der Waals surface area contributed by atoms with Crippen LogP contribution in [-0.4, -0.2) is 6.04 Å². The second-order valence-corrected chi connectivity index (χ2v) is 3.85. The quantitative estimate of drug-likeness (QED) is 0.683. The van der Waals surface area contributed by atoms with E-state index in [-0.39, 0.29) is 0 Å². The summed E-state index contributed by atoms with van der Waals surface area (Å²) in [6, 6.07) is 4.56. The van der Waals surface area contributed by atoms with Gasteiger partial charge in [0.1, 0.15) is 0 Å². The third-order valence-electron chi connectivity index (χ3n) is 1.94. The molecule has 0 spiro atoms. The van der Waals surface area contributed by atoms with Crippen LogP contribution in [0.4, 0.5) is 11.4 Å². The summed E-state index contributed by atoms with van der Waals surface area (Å²) >= 11 is 0. The molecule has 0 aliphatic heterocycles. The summed E-state index contributed by atoms with van der Waals surface area (Å²) < 4.78 is 0. The summed E-state index contributed by atoms with van der Waals surface area (Å²) in [6.45, 7) is 8.36. The lowest BCUT2D eigenvalue weighted by Crippen LogP contribution is -2.12. The van der Waals surface area contributed by atoms with Gasteiger partial charge in [0.05, 0.1) is 11.4 Å². The molecule has 3 N–H and O–H groups in total. The first kappa shape index (κ1) is 9.90. The van der Waals surface area contributed by atoms with E-state index in [0.717, 1.165) is 11.4 Å². The topological polar surface area (TPSA) is 38.0 Å². The Morgan fingerprint density at radius 1 is 1.23 bits per heavy atom. The first-order chi connectivity index (χ1) is 6.00. The van der Waals surface area contributed by atoms with Gasteiger partial charge in [-0.3, -0.25) is 0 Å². The van der Waals surface area contributed by atoms with E-state index in [1.54, 1.807) is 0 Å². The third kappa shape index (κ3) is 2.38. The molecule has 1 rings (SSSR count). The molecular weight excluding hydrogens is 160 g/mol. The molecule has 1 aromatic rings. The zero-order valence-electron chi connectivity index (χ0n) is 8.81. The van der Waals surface area contributed by atoms with Crippen LogP contribution in [0.1, 0.15) is 25.0 Å². The first-order valence-electron chi connectivity index (χ1n) is 4.64. The predicted molar refractivity (Wildman–Crippen MR) is 59.1 cm³/mol. The molecule has 72 valence electrons. The van der Waals surface area contributed by atoms with Crippen LogP contribution in [0.25, 0.3) is 0 Å². The highest BCUT2D eigenvalue weighted by Crippen LogP contribution is 2.25. The van der Waals surface area contributed by atoms with Crippen molar-refractivity contribution in [1.29, 1.82) is 0 Å². The van der Waals surface area contributed by atoms with E-state index < -0.39 is 0 Å². The van der Waals surface area contributed by atoms with Gasteiger partial charge in [-0.1, -0.05) is 6.07 Å². The van der Waals surface area contributed by atoms with Gasteiger partial charge < -0.3 is 11.1 Å². The Labute approximate surface area is 80.1 Å². The van der Waals surface area contributed by atoms with Gasteiger partial charge >= 0.3 is 0 Å². The van der Waals surface area contributed by atoms with E-state index in [9.17, 15) is 0 Å². The second-order valence-electron chi connectivity index (χ2n) is 3.85. The van der Waals surface area contributed by atoms with Crippen molar-refractivity contribution in [1.82, 2.24) is 0 Å². The monoisotopic (exact) mass is 178 g/mol. The van der Waals surface area contributed by atoms with Gasteiger partial charge in [-0.05, 0) is 44.9 Å². The highest BCUT2D eigenvalue weighted by atomic mass is 14.9. The summed E-state index contributed by atoms with van der Waals surface area (Å²) in [7, 11) is 0. The minimum atomic E-state index is 0.420. The molecule has 0 amide bonds. The fourth-order valence-electron chi connectivity index (χ4n) is 1.49. The molecule has 0 unspecified atom stereocenters. The summed E-state index contributed by atoms with van der Waals surface area (Å²) in [5, 5.41) is 3.34. The van der Waals surface area contributed by atoms with Crippen molar-refractivity contribution in [2.45, 2.75) is 33.7 Å². The summed E-state index contributed by atoms with van der Waals surface area (Å²) in [5.41, 5.74) is 10.2. The van der Waals surface area contributed by atoms with Crippen LogP contribution < -0.4 is 11.1 Å². The molecule has 0 radical (unpaired) electrons. The summed E-state index contributed by atoms with van der Waals surface area (Å²) in [4.78, 5) is 0. The Kier molecular flexibility index (Phi) is 2.81. The number of rotatable bonds is 2. The molecule has 13 heavy (non-hydrogen) atoms. The van der Waals surface area contributed by atoms with E-state index in [1.807, 2.05) is 6.07 Å². The Bertz CT molecular complexity index is 280. The SMILES string of the molecule is Cc1cc(C)c(NC(C)C)c(N)c1. The van der Waals surface area contributed by atoms with Gasteiger partial charge in [0.25, 0.3) is 0 Å². The van der Waals surface area contributed by atoms with Crippen molar-refractivity contribution in [3.63, 3.8) is 0 Å². The minimum absolute atomic E-state index is 0.420. The molecule has 0 aliphatic carbocycles. The maximum atomic E-state index is 5.91. The van der Waals surface area contributed by atoms with E-state index >= 15 is 0 Å². The lowest BCUT2D eigenvalue weighted by atomic mass is 10.1. The largest absolute Gasteiger partial charge is 0.397 e. The third-order valence-corrected chi connectivity index (χ3v) is 1.94. The lowest BCUT2D eigenvalue weighted by molar-refractivity contribution is 0.898. The van der Waals surface area contributed by atoms with Gasteiger partial charge in [-0.15, -0.1) is 0 Å². The molecule has 2 nitrogen and oxygen atoms in total. The number of hydrogen-bond donors (Lipinski definition) is 2. The molecule has 0 bridgehead atoms. The highest BCUT2D eigenvalue weighted by molar-refractivity contribution is 5.71. The van der Waals surface area contributed by atoms with E-state index in [0.29, 0.717) is 6.04 Å². The first-order valence-corrected chi connectivity index (χ1v) is 4.64. The van der Waals surface area contributed by atoms with E-state index in [2.05, 4.69) is 39.1 Å². The summed E-state index contributed by atoms with van der Waals surface area (Å²) in [5.74, 6) is 0. The minimum Gasteiger partial charge on any atom is -0.397 e. The number of hydrogen-bond acceptors (Lipinski definition) is 2. The number of nitrogen functional groups attached to an aromatic ring is 1. The van der Waals surface area contributed by atoms with Crippen molar-refractivity contribution >= 4 is 11.4 Å². The van der Waals surface area contributed by atoms with Gasteiger partial charge in [0.2, 0.25) is 0 Å². The number of nitrogens with one attached hydrogen (secondary N) is 1. The van der Waals surface area contributed by atoms with Crippen LogP contribution in [0, 0.1) is 13.8 Å². The smallest absolute Gasteiger partial charge is 0.0605 e. The highest BCUT2D eigenvalue weighted by Gasteiger charge is 2.04. The summed E-state index contributed by atoms with van der Waals surface area (Å²) in [6.07, 6.45) is 0. The molecule has 0 saturated heterocycles. The van der Waals surface area contributed by atoms with Crippen LogP contribution in [0.5, 0.6) is 0 Å². The average Bonchev–Trinajstić information content (AvgIpc) is 1.96. The zero-order valence-corrected chi connectivity index (χ0v) is 8.81. The Balaban J connectivity index is 3.06. The van der Waals surface area contributed by atoms with E-state index in [1.165, 1.54) is 11.1 Å². The molecule has 0 atom stereocenters. The number of anilines is 2. The van der Waals surface area contributed by atoms with Crippen molar-refractivity contribution in [3.05, 3.63) is 23.3 Å². The molecular formula is C11H18N2. The molecule has 0 fully saturated rings. The molecule has 0 aliphatic rings. The van der Waals surface area contributed by atoms with Crippen molar-refractivity contribution in [2.75, 3.05) is 11.1 Å². The molecule has 1 aromatic carbocycles. The predicted octanol–water partition coefficient (Wildman–Crippen LogP) is 2.71. The molecule has 0 heterocycles. The fraction of sp³-hybridized carbons (Fsp3) is 0.455. The number of benzene rings is 1. The van der Waals surface area contributed by atoms with Crippen LogP contribution in [-0.2, 0) is 0 Å². The Morgan fingerprint density at radius 3 is 2.31 bits per heavy atom. The second kappa shape index (κ2) is 3.69. The molecule has 0 saturated carbocycles. The standard InChI is InChI=1S/C11H18N2/c1-7(2)13-11-9(4)5-8(3)6-10(11)12/h5-7,13H,12H2,1-4H3. The average molecular weight is 178 g/mol. The molecule has 0 aromatic heterocycles. The van der Waals surface area contributed by atoms with Gasteiger partial charge in [-0.2, -0.15) is 0 Å². The van der Waals surface area contributed by atoms with Crippen LogP contribution >= 0.6 is 0 Å². The normalized spacial score (nSPS) is 10.5. The van der Waals surface area contributed by atoms with Gasteiger partial charge in [-0.25, -0.2) is 0 Å². The van der Waals surface area contributed by atoms with Crippen molar-refractivity contribution < 1.29 is 0 Å². The van der Waals surface area contributed by atoms with Gasteiger partial charge in [0, 0.05) is 6.04 Å². The number of nitrogens with two attached hydrogens (primary N) is 1. The Morgan fingerprint density at radius 2 is 1.85 bits per heavy atom. The van der Waals surface area contributed by atoms with E-state index in [4.69, 9.17) is 5.73 Å². The van der Waals surface area contributed by atoms with Crippen LogP contribution in [0.15, 0.2) is 12.1 Å². The van der Waals surface area contributed by atoms with Crippen molar-refractivity contribution in [3.8, 4) is 0 Å². The maximum Gasteiger partial charge on any atom is 0.0605 e. The Hall–Kier alpha value is -1.18. The van der Waals surface area contributed by atoms with Crippen molar-refractivity contribution in [2.24, 2.45) is 0 Å². The lowest BCUT2D eigenvalue weighted by Gasteiger charge is -2.15. The maximum absolute atomic E-state index is 5.91. The number of aryl methyl sites for hydroxylation is 2. The van der Waals surface area contributed by atoms with Crippen LogP contribution in [0.3, 0.4) is 0 Å². The fourth-order valence-corrected chi connectivity index (χ4v) is 1.49. The zero-order chi connectivity index (χ0) is 10.0. The van der Waals surface area contributed by atoms with Crippen LogP contribution in [0.2, 0.25) is 0 Å².